The topological polar surface area (TPSA) is 163 Å². The average molecular weight is 346 g/mol. The highest BCUT2D eigenvalue weighted by atomic mass is 16.2. The molecule has 136 valence electrons. The van der Waals surface area contributed by atoms with E-state index in [-0.39, 0.29) is 29.7 Å². The van der Waals surface area contributed by atoms with Gasteiger partial charge in [-0.15, -0.1) is 0 Å². The number of carbonyl (C=O) groups excluding carboxylic acids is 2. The first-order chi connectivity index (χ1) is 11.8. The minimum Gasteiger partial charge on any atom is -0.370 e. The van der Waals surface area contributed by atoms with E-state index in [4.69, 9.17) is 22.9 Å². The number of nitrogens with one attached hydrogen (secondary N) is 1. The molecule has 0 heterocycles. The Hall–Kier alpha value is -2.61. The van der Waals surface area contributed by atoms with Crippen molar-refractivity contribution in [3.8, 4) is 0 Å². The van der Waals surface area contributed by atoms with Gasteiger partial charge in [0.05, 0.1) is 11.7 Å². The Morgan fingerprint density at radius 1 is 1.08 bits per heavy atom. The average Bonchev–Trinajstić information content (AvgIpc) is 2.56. The first-order valence-electron chi connectivity index (χ1n) is 8.39. The van der Waals surface area contributed by atoms with Gasteiger partial charge in [-0.25, -0.2) is 4.99 Å². The second-order valence-corrected chi connectivity index (χ2v) is 6.47. The molecule has 2 rings (SSSR count). The van der Waals surface area contributed by atoms with Crippen molar-refractivity contribution in [2.45, 2.75) is 44.2 Å². The number of benzene rings is 1. The van der Waals surface area contributed by atoms with Gasteiger partial charge >= 0.3 is 0 Å². The van der Waals surface area contributed by atoms with Crippen LogP contribution in [0.1, 0.15) is 31.2 Å². The summed E-state index contributed by atoms with van der Waals surface area (Å²) >= 11 is 0. The van der Waals surface area contributed by atoms with Crippen LogP contribution in [0.15, 0.2) is 29.3 Å². The van der Waals surface area contributed by atoms with Gasteiger partial charge in [0.25, 0.3) is 0 Å². The molecule has 0 unspecified atom stereocenters. The molecule has 0 saturated heterocycles. The standard InChI is InChI=1S/C17H26N6O2/c18-14(9-10-1-5-13(6-2-10)23-17(20)21)16(25)22-12-7-3-11(4-8-12)15(19)24/h1-2,5-6,11-12,14H,3-4,7-9,18H2,(H2,19,24)(H,22,25)(H4,20,21,23)/t11?,12?,14-/m0/s1. The summed E-state index contributed by atoms with van der Waals surface area (Å²) < 4.78 is 0. The number of carbonyl (C=O) groups is 2. The molecule has 1 fully saturated rings. The van der Waals surface area contributed by atoms with Gasteiger partial charge in [0.2, 0.25) is 11.8 Å². The normalized spacial score (nSPS) is 21.2. The molecule has 2 amide bonds. The number of rotatable bonds is 6. The molecule has 25 heavy (non-hydrogen) atoms. The van der Waals surface area contributed by atoms with Gasteiger partial charge in [-0.05, 0) is 49.8 Å². The minimum atomic E-state index is -0.636. The molecule has 0 aromatic heterocycles. The molecule has 0 radical (unpaired) electrons. The van der Waals surface area contributed by atoms with Crippen molar-refractivity contribution < 1.29 is 9.59 Å². The monoisotopic (exact) mass is 346 g/mol. The van der Waals surface area contributed by atoms with E-state index in [1.165, 1.54) is 0 Å². The zero-order chi connectivity index (χ0) is 18.4. The van der Waals surface area contributed by atoms with E-state index in [0.717, 1.165) is 18.4 Å². The summed E-state index contributed by atoms with van der Waals surface area (Å²) in [5.74, 6) is -0.526. The maximum Gasteiger partial charge on any atom is 0.237 e. The largest absolute Gasteiger partial charge is 0.370 e. The number of nitrogens with zero attached hydrogens (tertiary/aromatic N) is 1. The lowest BCUT2D eigenvalue weighted by molar-refractivity contribution is -0.123. The lowest BCUT2D eigenvalue weighted by Gasteiger charge is -2.28. The third kappa shape index (κ3) is 5.75. The summed E-state index contributed by atoms with van der Waals surface area (Å²) in [7, 11) is 0. The van der Waals surface area contributed by atoms with Crippen LogP contribution in [-0.2, 0) is 16.0 Å². The highest BCUT2D eigenvalue weighted by Crippen LogP contribution is 2.24. The highest BCUT2D eigenvalue weighted by Gasteiger charge is 2.26. The van der Waals surface area contributed by atoms with Gasteiger partial charge in [0, 0.05) is 12.0 Å². The summed E-state index contributed by atoms with van der Waals surface area (Å²) in [5.41, 5.74) is 23.5. The molecule has 1 aromatic rings. The van der Waals surface area contributed by atoms with Crippen LogP contribution in [0, 0.1) is 5.92 Å². The molecule has 0 spiro atoms. The van der Waals surface area contributed by atoms with Gasteiger partial charge < -0.3 is 28.3 Å². The molecule has 9 N–H and O–H groups in total. The van der Waals surface area contributed by atoms with Crippen molar-refractivity contribution in [3.05, 3.63) is 29.8 Å². The Labute approximate surface area is 147 Å². The maximum atomic E-state index is 12.3. The predicted octanol–water partition coefficient (Wildman–Crippen LogP) is -0.378. The molecule has 8 heteroatoms. The number of amides is 2. The molecule has 1 aromatic carbocycles. The Balaban J connectivity index is 1.82. The van der Waals surface area contributed by atoms with Crippen LogP contribution in [-0.4, -0.2) is 29.9 Å². The fourth-order valence-electron chi connectivity index (χ4n) is 3.03. The Kier molecular flexibility index (Phi) is 6.35. The van der Waals surface area contributed by atoms with E-state index >= 15 is 0 Å². The van der Waals surface area contributed by atoms with Gasteiger partial charge in [0.1, 0.15) is 0 Å². The zero-order valence-electron chi connectivity index (χ0n) is 14.2. The van der Waals surface area contributed by atoms with Crippen LogP contribution in [0.5, 0.6) is 0 Å². The molecular weight excluding hydrogens is 320 g/mol. The SMILES string of the molecule is NC(=O)C1CCC(NC(=O)[C@@H](N)Cc2ccc(N=C(N)N)cc2)CC1. The van der Waals surface area contributed by atoms with E-state index < -0.39 is 6.04 Å². The predicted molar refractivity (Wildman–Crippen MR) is 96.7 cm³/mol. The highest BCUT2D eigenvalue weighted by molar-refractivity contribution is 5.82. The van der Waals surface area contributed by atoms with E-state index in [1.54, 1.807) is 12.1 Å². The summed E-state index contributed by atoms with van der Waals surface area (Å²) in [4.78, 5) is 27.4. The van der Waals surface area contributed by atoms with Crippen molar-refractivity contribution in [1.82, 2.24) is 5.32 Å². The summed E-state index contributed by atoms with van der Waals surface area (Å²) in [6.07, 6.45) is 3.34. The lowest BCUT2D eigenvalue weighted by atomic mass is 9.85. The number of hydrogen-bond acceptors (Lipinski definition) is 4. The minimum absolute atomic E-state index is 0.00474. The molecule has 0 aliphatic heterocycles. The Bertz CT molecular complexity index is 631. The van der Waals surface area contributed by atoms with Crippen molar-refractivity contribution in [3.63, 3.8) is 0 Å². The van der Waals surface area contributed by atoms with Gasteiger partial charge in [-0.2, -0.15) is 0 Å². The fraction of sp³-hybridized carbons (Fsp3) is 0.471. The lowest BCUT2D eigenvalue weighted by Crippen LogP contribution is -2.47. The number of guanidine groups is 1. The molecule has 1 aliphatic carbocycles. The smallest absolute Gasteiger partial charge is 0.237 e. The maximum absolute atomic E-state index is 12.3. The molecular formula is C17H26N6O2. The van der Waals surface area contributed by atoms with E-state index in [1.807, 2.05) is 12.1 Å². The van der Waals surface area contributed by atoms with Crippen LogP contribution in [0.4, 0.5) is 5.69 Å². The quantitative estimate of drug-likeness (QED) is 0.350. The fourth-order valence-corrected chi connectivity index (χ4v) is 3.03. The second kappa shape index (κ2) is 8.48. The van der Waals surface area contributed by atoms with Crippen molar-refractivity contribution in [2.24, 2.45) is 33.8 Å². The van der Waals surface area contributed by atoms with Crippen LogP contribution in [0.25, 0.3) is 0 Å². The number of primary amides is 1. The molecule has 1 aliphatic rings. The van der Waals surface area contributed by atoms with Crippen LogP contribution < -0.4 is 28.3 Å². The molecule has 1 saturated carbocycles. The second-order valence-electron chi connectivity index (χ2n) is 6.47. The summed E-state index contributed by atoms with van der Waals surface area (Å²) in [5, 5.41) is 2.96. The third-order valence-corrected chi connectivity index (χ3v) is 4.46. The first-order valence-corrected chi connectivity index (χ1v) is 8.39. The van der Waals surface area contributed by atoms with Crippen LogP contribution in [0.2, 0.25) is 0 Å². The summed E-state index contributed by atoms with van der Waals surface area (Å²) in [6, 6.07) is 6.64. The number of hydrogen-bond donors (Lipinski definition) is 5. The summed E-state index contributed by atoms with van der Waals surface area (Å²) in [6.45, 7) is 0. The van der Waals surface area contributed by atoms with Gasteiger partial charge in [-0.3, -0.25) is 9.59 Å². The van der Waals surface area contributed by atoms with Gasteiger partial charge in [0.15, 0.2) is 5.96 Å². The molecule has 0 bridgehead atoms. The molecule has 1 atom stereocenters. The van der Waals surface area contributed by atoms with Crippen molar-refractivity contribution in [2.75, 3.05) is 0 Å². The van der Waals surface area contributed by atoms with Gasteiger partial charge in [-0.1, -0.05) is 12.1 Å². The first kappa shape index (κ1) is 18.7. The number of nitrogens with two attached hydrogens (primary N) is 4. The van der Waals surface area contributed by atoms with Crippen LogP contribution in [0.3, 0.4) is 0 Å². The van der Waals surface area contributed by atoms with Crippen molar-refractivity contribution in [1.29, 1.82) is 0 Å². The van der Waals surface area contributed by atoms with E-state index in [2.05, 4.69) is 10.3 Å². The Morgan fingerprint density at radius 2 is 1.68 bits per heavy atom. The van der Waals surface area contributed by atoms with Crippen molar-refractivity contribution >= 4 is 23.5 Å². The van der Waals surface area contributed by atoms with E-state index in [0.29, 0.717) is 24.9 Å². The van der Waals surface area contributed by atoms with E-state index in [9.17, 15) is 9.59 Å². The Morgan fingerprint density at radius 3 is 2.20 bits per heavy atom. The third-order valence-electron chi connectivity index (χ3n) is 4.46. The number of aliphatic imine (C=N–C) groups is 1. The van der Waals surface area contributed by atoms with Crippen LogP contribution >= 0.6 is 0 Å². The zero-order valence-corrected chi connectivity index (χ0v) is 14.2. The molecule has 8 nitrogen and oxygen atoms in total.